The van der Waals surface area contributed by atoms with E-state index >= 15 is 0 Å². The largest absolute Gasteiger partial charge is 0.484 e. The van der Waals surface area contributed by atoms with Crippen molar-refractivity contribution in [2.45, 2.75) is 59.0 Å². The van der Waals surface area contributed by atoms with Crippen molar-refractivity contribution in [3.05, 3.63) is 65.7 Å². The number of aryl methyl sites for hydroxylation is 1. The summed E-state index contributed by atoms with van der Waals surface area (Å²) in [6.07, 6.45) is 2.08. The van der Waals surface area contributed by atoms with Crippen molar-refractivity contribution in [3.8, 4) is 5.75 Å². The summed E-state index contributed by atoms with van der Waals surface area (Å²) in [4.78, 5) is 27.7. The van der Waals surface area contributed by atoms with E-state index in [0.717, 1.165) is 17.5 Å². The summed E-state index contributed by atoms with van der Waals surface area (Å²) in [7, 11) is 0. The number of carbonyl (C=O) groups excluding carboxylic acids is 2. The van der Waals surface area contributed by atoms with Crippen LogP contribution >= 0.6 is 0 Å². The molecule has 2 aromatic carbocycles. The molecule has 1 N–H and O–H groups in total. The highest BCUT2D eigenvalue weighted by molar-refractivity contribution is 5.88. The van der Waals surface area contributed by atoms with Gasteiger partial charge in [-0.15, -0.1) is 0 Å². The van der Waals surface area contributed by atoms with Gasteiger partial charge in [0.2, 0.25) is 5.91 Å². The third kappa shape index (κ3) is 6.90. The number of carbonyl (C=O) groups is 2. The monoisotopic (exact) mass is 410 g/mol. The van der Waals surface area contributed by atoms with Crippen LogP contribution in [0.15, 0.2) is 54.6 Å². The normalized spacial score (nSPS) is 12.7. The molecule has 0 unspecified atom stereocenters. The quantitative estimate of drug-likeness (QED) is 0.606. The van der Waals surface area contributed by atoms with Gasteiger partial charge < -0.3 is 15.0 Å². The zero-order valence-electron chi connectivity index (χ0n) is 18.6. The van der Waals surface area contributed by atoms with Gasteiger partial charge >= 0.3 is 0 Å². The Morgan fingerprint density at radius 3 is 2.30 bits per heavy atom. The Morgan fingerprint density at radius 2 is 1.67 bits per heavy atom. The summed E-state index contributed by atoms with van der Waals surface area (Å²) < 4.78 is 5.79. The van der Waals surface area contributed by atoms with Crippen LogP contribution in [0.2, 0.25) is 0 Å². The molecule has 5 nitrogen and oxygen atoms in total. The van der Waals surface area contributed by atoms with Crippen molar-refractivity contribution in [2.75, 3.05) is 13.2 Å². The molecule has 0 fully saturated rings. The number of hydrogen-bond acceptors (Lipinski definition) is 3. The van der Waals surface area contributed by atoms with E-state index in [1.165, 1.54) is 0 Å². The van der Waals surface area contributed by atoms with Crippen LogP contribution in [-0.2, 0) is 16.0 Å². The molecule has 2 rings (SSSR count). The molecule has 2 amide bonds. The van der Waals surface area contributed by atoms with Crippen LogP contribution in [0.4, 0.5) is 0 Å². The minimum Gasteiger partial charge on any atom is -0.484 e. The maximum Gasteiger partial charge on any atom is 0.261 e. The number of amides is 2. The van der Waals surface area contributed by atoms with E-state index < -0.39 is 6.04 Å². The Labute approximate surface area is 180 Å². The topological polar surface area (TPSA) is 58.6 Å². The van der Waals surface area contributed by atoms with Gasteiger partial charge in [-0.25, -0.2) is 0 Å². The van der Waals surface area contributed by atoms with E-state index in [-0.39, 0.29) is 24.5 Å². The molecule has 0 radical (unpaired) electrons. The second-order valence-corrected chi connectivity index (χ2v) is 7.62. The molecule has 2 atom stereocenters. The number of nitrogens with one attached hydrogen (secondary N) is 1. The van der Waals surface area contributed by atoms with Gasteiger partial charge in [-0.2, -0.15) is 0 Å². The third-order valence-corrected chi connectivity index (χ3v) is 5.32. The van der Waals surface area contributed by atoms with Crippen LogP contribution in [0.25, 0.3) is 0 Å². The lowest BCUT2D eigenvalue weighted by atomic mass is 10.1. The Hall–Kier alpha value is -2.82. The van der Waals surface area contributed by atoms with Crippen LogP contribution in [0.5, 0.6) is 5.75 Å². The fourth-order valence-corrected chi connectivity index (χ4v) is 3.28. The molecule has 0 spiro atoms. The predicted octanol–water partition coefficient (Wildman–Crippen LogP) is 4.14. The van der Waals surface area contributed by atoms with E-state index in [4.69, 9.17) is 4.74 Å². The van der Waals surface area contributed by atoms with Gasteiger partial charge in [0.1, 0.15) is 11.8 Å². The van der Waals surface area contributed by atoms with Crippen molar-refractivity contribution in [2.24, 2.45) is 0 Å². The smallest absolute Gasteiger partial charge is 0.261 e. The van der Waals surface area contributed by atoms with Gasteiger partial charge in [-0.1, -0.05) is 62.4 Å². The molecule has 0 saturated heterocycles. The third-order valence-electron chi connectivity index (χ3n) is 5.32. The summed E-state index contributed by atoms with van der Waals surface area (Å²) >= 11 is 0. The van der Waals surface area contributed by atoms with Gasteiger partial charge in [0.25, 0.3) is 5.91 Å². The van der Waals surface area contributed by atoms with Crippen LogP contribution in [0, 0.1) is 6.92 Å². The minimum atomic E-state index is -0.518. The Kier molecular flexibility index (Phi) is 9.39. The highest BCUT2D eigenvalue weighted by Crippen LogP contribution is 2.17. The highest BCUT2D eigenvalue weighted by Gasteiger charge is 2.29. The first-order valence-electron chi connectivity index (χ1n) is 10.8. The molecule has 0 aliphatic heterocycles. The zero-order valence-corrected chi connectivity index (χ0v) is 18.6. The number of benzene rings is 2. The molecule has 162 valence electrons. The Bertz CT molecular complexity index is 807. The molecule has 0 heterocycles. The predicted molar refractivity (Wildman–Crippen MR) is 121 cm³/mol. The molecule has 2 aromatic rings. The Morgan fingerprint density at radius 1 is 1.00 bits per heavy atom. The first-order chi connectivity index (χ1) is 14.5. The first-order valence-corrected chi connectivity index (χ1v) is 10.8. The van der Waals surface area contributed by atoms with Crippen molar-refractivity contribution >= 4 is 11.8 Å². The average molecular weight is 411 g/mol. The number of hydrogen-bond donors (Lipinski definition) is 1. The molecule has 30 heavy (non-hydrogen) atoms. The van der Waals surface area contributed by atoms with E-state index in [2.05, 4.69) is 5.32 Å². The summed E-state index contributed by atoms with van der Waals surface area (Å²) in [5.74, 6) is 0.399. The highest BCUT2D eigenvalue weighted by atomic mass is 16.5. The lowest BCUT2D eigenvalue weighted by Crippen LogP contribution is -2.52. The second-order valence-electron chi connectivity index (χ2n) is 7.62. The lowest BCUT2D eigenvalue weighted by molar-refractivity contribution is -0.142. The SMILES string of the molecule is CC[C@@H](C)NC(=O)[C@H](CC)N(CCc1ccccc1)C(=O)COc1ccccc1C. The van der Waals surface area contributed by atoms with E-state index in [1.807, 2.05) is 82.3 Å². The summed E-state index contributed by atoms with van der Waals surface area (Å²) in [5.41, 5.74) is 2.11. The van der Waals surface area contributed by atoms with Gasteiger partial charge in [0, 0.05) is 12.6 Å². The first kappa shape index (κ1) is 23.5. The molecule has 0 aliphatic carbocycles. The van der Waals surface area contributed by atoms with Crippen LogP contribution in [-0.4, -0.2) is 41.9 Å². The molecular weight excluding hydrogens is 376 g/mol. The number of ether oxygens (including phenoxy) is 1. The molecule has 0 bridgehead atoms. The fourth-order valence-electron chi connectivity index (χ4n) is 3.28. The lowest BCUT2D eigenvalue weighted by Gasteiger charge is -2.31. The van der Waals surface area contributed by atoms with Crippen molar-refractivity contribution in [1.29, 1.82) is 0 Å². The average Bonchev–Trinajstić information content (AvgIpc) is 2.76. The van der Waals surface area contributed by atoms with E-state index in [1.54, 1.807) is 4.90 Å². The molecule has 0 aromatic heterocycles. The maximum absolute atomic E-state index is 13.1. The maximum atomic E-state index is 13.1. The summed E-state index contributed by atoms with van der Waals surface area (Å²) in [6.45, 7) is 8.26. The molecule has 0 saturated carbocycles. The fraction of sp³-hybridized carbons (Fsp3) is 0.440. The van der Waals surface area contributed by atoms with Crippen molar-refractivity contribution in [3.63, 3.8) is 0 Å². The summed E-state index contributed by atoms with van der Waals surface area (Å²) in [6, 6.07) is 17.2. The molecule has 0 aliphatic rings. The van der Waals surface area contributed by atoms with Gasteiger partial charge in [0.05, 0.1) is 0 Å². The van der Waals surface area contributed by atoms with Gasteiger partial charge in [-0.05, 0) is 50.3 Å². The van der Waals surface area contributed by atoms with Gasteiger partial charge in [0.15, 0.2) is 6.61 Å². The second kappa shape index (κ2) is 12.0. The van der Waals surface area contributed by atoms with Crippen LogP contribution in [0.1, 0.15) is 44.7 Å². The van der Waals surface area contributed by atoms with Crippen molar-refractivity contribution in [1.82, 2.24) is 10.2 Å². The standard InChI is InChI=1S/C25H34N2O3/c1-5-20(4)26-25(29)22(6-2)27(17-16-21-13-8-7-9-14-21)24(28)18-30-23-15-11-10-12-19(23)3/h7-15,20,22H,5-6,16-18H2,1-4H3,(H,26,29)/t20-,22+/m1/s1. The van der Waals surface area contributed by atoms with E-state index in [0.29, 0.717) is 25.1 Å². The van der Waals surface area contributed by atoms with Crippen molar-refractivity contribution < 1.29 is 14.3 Å². The Balaban J connectivity index is 2.14. The molecule has 5 heteroatoms. The summed E-state index contributed by atoms with van der Waals surface area (Å²) in [5, 5.41) is 3.02. The van der Waals surface area contributed by atoms with Gasteiger partial charge in [-0.3, -0.25) is 9.59 Å². The number of para-hydroxylation sites is 1. The molecular formula is C25H34N2O3. The zero-order chi connectivity index (χ0) is 21.9. The number of rotatable bonds is 11. The van der Waals surface area contributed by atoms with Crippen LogP contribution in [0.3, 0.4) is 0 Å². The minimum absolute atomic E-state index is 0.0702. The van der Waals surface area contributed by atoms with E-state index in [9.17, 15) is 9.59 Å². The van der Waals surface area contributed by atoms with Crippen LogP contribution < -0.4 is 10.1 Å². The number of nitrogens with zero attached hydrogens (tertiary/aromatic N) is 1.